The molecule has 2 aliphatic rings. The van der Waals surface area contributed by atoms with Crippen LogP contribution in [-0.2, 0) is 17.7 Å². The molecule has 0 atom stereocenters. The minimum absolute atomic E-state index is 0.384. The Hall–Kier alpha value is -0.620. The molecular weight excluding hydrogens is 332 g/mol. The number of rotatable bonds is 5. The Morgan fingerprint density at radius 1 is 1.33 bits per heavy atom. The zero-order valence-electron chi connectivity index (χ0n) is 12.3. The molecule has 0 bridgehead atoms. The second-order valence-corrected chi connectivity index (χ2v) is 6.70. The molecule has 2 heterocycles. The summed E-state index contributed by atoms with van der Waals surface area (Å²) in [5, 5.41) is 0. The summed E-state index contributed by atoms with van der Waals surface area (Å²) in [4.78, 5) is 2.49. The van der Waals surface area contributed by atoms with E-state index >= 15 is 0 Å². The van der Waals surface area contributed by atoms with E-state index in [1.165, 1.54) is 11.1 Å². The van der Waals surface area contributed by atoms with Gasteiger partial charge in [-0.2, -0.15) is 0 Å². The molecule has 1 fully saturated rings. The molecule has 0 amide bonds. The van der Waals surface area contributed by atoms with Gasteiger partial charge in [0.2, 0.25) is 0 Å². The van der Waals surface area contributed by atoms with Gasteiger partial charge in [0.1, 0.15) is 5.75 Å². The van der Waals surface area contributed by atoms with E-state index in [-0.39, 0.29) is 0 Å². The fourth-order valence-corrected chi connectivity index (χ4v) is 3.73. The standard InChI is InChI=1S/C16H23BrN2O2/c17-14-9-12-3-7-21-16(12)13(10-14)11-19-5-1-15(2-6-19)20-8-4-18/h9-10,15H,1-8,11,18H2. The lowest BCUT2D eigenvalue weighted by Gasteiger charge is -2.32. The highest BCUT2D eigenvalue weighted by molar-refractivity contribution is 9.10. The average Bonchev–Trinajstić information content (AvgIpc) is 2.95. The average molecular weight is 355 g/mol. The maximum Gasteiger partial charge on any atom is 0.127 e. The molecule has 0 aliphatic carbocycles. The number of hydrogen-bond acceptors (Lipinski definition) is 4. The van der Waals surface area contributed by atoms with Crippen molar-refractivity contribution in [3.63, 3.8) is 0 Å². The molecule has 0 spiro atoms. The zero-order valence-corrected chi connectivity index (χ0v) is 13.9. The lowest BCUT2D eigenvalue weighted by Crippen LogP contribution is -2.37. The number of hydrogen-bond donors (Lipinski definition) is 1. The topological polar surface area (TPSA) is 47.7 Å². The molecule has 2 aliphatic heterocycles. The molecule has 1 aromatic rings. The van der Waals surface area contributed by atoms with Gasteiger partial charge in [-0.25, -0.2) is 0 Å². The van der Waals surface area contributed by atoms with E-state index in [4.69, 9.17) is 15.2 Å². The number of fused-ring (bicyclic) bond motifs is 1. The number of benzene rings is 1. The lowest BCUT2D eigenvalue weighted by molar-refractivity contribution is 0.00967. The van der Waals surface area contributed by atoms with Crippen molar-refractivity contribution in [3.8, 4) is 5.75 Å². The molecule has 3 rings (SSSR count). The summed E-state index contributed by atoms with van der Waals surface area (Å²) in [7, 11) is 0. The van der Waals surface area contributed by atoms with Crippen molar-refractivity contribution in [1.29, 1.82) is 0 Å². The molecule has 1 aromatic carbocycles. The Morgan fingerprint density at radius 2 is 2.14 bits per heavy atom. The molecule has 0 radical (unpaired) electrons. The fourth-order valence-electron chi connectivity index (χ4n) is 3.17. The predicted molar refractivity (Wildman–Crippen MR) is 86.6 cm³/mol. The molecule has 1 saturated heterocycles. The van der Waals surface area contributed by atoms with Crippen LogP contribution in [0.5, 0.6) is 5.75 Å². The second-order valence-electron chi connectivity index (χ2n) is 5.79. The highest BCUT2D eigenvalue weighted by atomic mass is 79.9. The van der Waals surface area contributed by atoms with Gasteiger partial charge in [-0.1, -0.05) is 15.9 Å². The van der Waals surface area contributed by atoms with Crippen LogP contribution < -0.4 is 10.5 Å². The predicted octanol–water partition coefficient (Wildman–Crippen LogP) is 2.32. The zero-order chi connectivity index (χ0) is 14.7. The summed E-state index contributed by atoms with van der Waals surface area (Å²) in [6.07, 6.45) is 3.60. The number of likely N-dealkylation sites (tertiary alicyclic amines) is 1. The molecule has 0 aromatic heterocycles. The number of nitrogens with two attached hydrogens (primary N) is 1. The largest absolute Gasteiger partial charge is 0.493 e. The molecule has 4 nitrogen and oxygen atoms in total. The van der Waals surface area contributed by atoms with Crippen molar-refractivity contribution in [3.05, 3.63) is 27.7 Å². The first-order valence-electron chi connectivity index (χ1n) is 7.74. The Kier molecular flexibility index (Phi) is 5.16. The van der Waals surface area contributed by atoms with Gasteiger partial charge < -0.3 is 15.2 Å². The summed E-state index contributed by atoms with van der Waals surface area (Å²) in [5.41, 5.74) is 8.13. The molecule has 21 heavy (non-hydrogen) atoms. The van der Waals surface area contributed by atoms with Gasteiger partial charge >= 0.3 is 0 Å². The van der Waals surface area contributed by atoms with Crippen molar-refractivity contribution in [2.75, 3.05) is 32.8 Å². The van der Waals surface area contributed by atoms with Crippen LogP contribution in [0, 0.1) is 0 Å². The third-order valence-electron chi connectivity index (χ3n) is 4.23. The molecule has 0 saturated carbocycles. The number of halogens is 1. The van der Waals surface area contributed by atoms with Crippen LogP contribution in [0.25, 0.3) is 0 Å². The number of nitrogens with zero attached hydrogens (tertiary/aromatic N) is 1. The van der Waals surface area contributed by atoms with Crippen molar-refractivity contribution in [2.24, 2.45) is 5.73 Å². The summed E-state index contributed by atoms with van der Waals surface area (Å²) in [6.45, 7) is 5.23. The van der Waals surface area contributed by atoms with Crippen molar-refractivity contribution >= 4 is 15.9 Å². The fraction of sp³-hybridized carbons (Fsp3) is 0.625. The van der Waals surface area contributed by atoms with E-state index in [2.05, 4.69) is 33.0 Å². The first kappa shape index (κ1) is 15.3. The van der Waals surface area contributed by atoms with Gasteiger partial charge in [0.15, 0.2) is 0 Å². The van der Waals surface area contributed by atoms with E-state index < -0.39 is 0 Å². The maximum absolute atomic E-state index is 5.81. The van der Waals surface area contributed by atoms with E-state index in [9.17, 15) is 0 Å². The minimum Gasteiger partial charge on any atom is -0.493 e. The molecule has 5 heteroatoms. The van der Waals surface area contributed by atoms with Crippen molar-refractivity contribution in [2.45, 2.75) is 31.9 Å². The molecule has 2 N–H and O–H groups in total. The summed E-state index contributed by atoms with van der Waals surface area (Å²) in [5.74, 6) is 1.11. The molecule has 116 valence electrons. The van der Waals surface area contributed by atoms with Gasteiger partial charge in [-0.15, -0.1) is 0 Å². The summed E-state index contributed by atoms with van der Waals surface area (Å²) >= 11 is 3.61. The van der Waals surface area contributed by atoms with Gasteiger partial charge in [-0.3, -0.25) is 4.90 Å². The number of piperidine rings is 1. The first-order chi connectivity index (χ1) is 10.3. The van der Waals surface area contributed by atoms with E-state index in [0.29, 0.717) is 19.3 Å². The molecule has 0 unspecified atom stereocenters. The van der Waals surface area contributed by atoms with Crippen molar-refractivity contribution in [1.82, 2.24) is 4.90 Å². The van der Waals surface area contributed by atoms with Gasteiger partial charge in [0.05, 0.1) is 19.3 Å². The van der Waals surface area contributed by atoms with E-state index in [0.717, 1.165) is 55.7 Å². The minimum atomic E-state index is 0.384. The van der Waals surface area contributed by atoms with Gasteiger partial charge in [0.25, 0.3) is 0 Å². The van der Waals surface area contributed by atoms with Gasteiger partial charge in [-0.05, 0) is 30.5 Å². The van der Waals surface area contributed by atoms with Crippen LogP contribution in [-0.4, -0.2) is 43.9 Å². The van der Waals surface area contributed by atoms with E-state index in [1.54, 1.807) is 0 Å². The third kappa shape index (κ3) is 3.77. The normalized spacial score (nSPS) is 19.5. The van der Waals surface area contributed by atoms with E-state index in [1.807, 2.05) is 0 Å². The van der Waals surface area contributed by atoms with Crippen LogP contribution in [0.2, 0.25) is 0 Å². The quantitative estimate of drug-likeness (QED) is 0.881. The second kappa shape index (κ2) is 7.09. The van der Waals surface area contributed by atoms with Gasteiger partial charge in [0, 0.05) is 42.6 Å². The molecular formula is C16H23BrN2O2. The van der Waals surface area contributed by atoms with Crippen molar-refractivity contribution < 1.29 is 9.47 Å². The first-order valence-corrected chi connectivity index (χ1v) is 8.53. The Labute approximate surface area is 134 Å². The maximum atomic E-state index is 5.81. The summed E-state index contributed by atoms with van der Waals surface area (Å²) < 4.78 is 12.7. The SMILES string of the molecule is NCCOC1CCN(Cc2cc(Br)cc3c2OCC3)CC1. The Morgan fingerprint density at radius 3 is 2.90 bits per heavy atom. The third-order valence-corrected chi connectivity index (χ3v) is 4.68. The Bertz CT molecular complexity index is 487. The van der Waals surface area contributed by atoms with Crippen LogP contribution in [0.4, 0.5) is 0 Å². The Balaban J connectivity index is 1.59. The highest BCUT2D eigenvalue weighted by Gasteiger charge is 2.23. The van der Waals surface area contributed by atoms with Crippen LogP contribution in [0.3, 0.4) is 0 Å². The van der Waals surface area contributed by atoms with Crippen LogP contribution >= 0.6 is 15.9 Å². The summed E-state index contributed by atoms with van der Waals surface area (Å²) in [6, 6.07) is 4.37. The monoisotopic (exact) mass is 354 g/mol. The highest BCUT2D eigenvalue weighted by Crippen LogP contribution is 2.34. The van der Waals surface area contributed by atoms with Crippen LogP contribution in [0.15, 0.2) is 16.6 Å². The number of ether oxygens (including phenoxy) is 2. The smallest absolute Gasteiger partial charge is 0.127 e. The van der Waals surface area contributed by atoms with Crippen LogP contribution in [0.1, 0.15) is 24.0 Å². The lowest BCUT2D eigenvalue weighted by atomic mass is 10.0.